The van der Waals surface area contributed by atoms with Crippen molar-refractivity contribution in [3.8, 4) is 5.88 Å². The van der Waals surface area contributed by atoms with Crippen LogP contribution in [-0.2, 0) is 0 Å². The highest BCUT2D eigenvalue weighted by Crippen LogP contribution is 2.39. The summed E-state index contributed by atoms with van der Waals surface area (Å²) in [6, 6.07) is 5.71. The minimum Gasteiger partial charge on any atom is -0.492 e. The van der Waals surface area contributed by atoms with Crippen LogP contribution in [0.1, 0.15) is 36.2 Å². The zero-order valence-electron chi connectivity index (χ0n) is 11.5. The van der Waals surface area contributed by atoms with E-state index in [1.54, 1.807) is 18.2 Å². The molecule has 3 nitrogen and oxygen atoms in total. The van der Waals surface area contributed by atoms with Crippen LogP contribution in [0.4, 0.5) is 18.3 Å². The SMILES string of the molecule is CC(C)c1sc(N[C@@H](c2ccccc2)C(F)(F)F)nc1O. The van der Waals surface area contributed by atoms with Gasteiger partial charge in [-0.25, -0.2) is 0 Å². The largest absolute Gasteiger partial charge is 0.492 e. The second-order valence-electron chi connectivity index (χ2n) is 4.89. The molecule has 7 heteroatoms. The zero-order valence-corrected chi connectivity index (χ0v) is 12.3. The van der Waals surface area contributed by atoms with E-state index < -0.39 is 12.2 Å². The van der Waals surface area contributed by atoms with Crippen molar-refractivity contribution in [2.75, 3.05) is 5.32 Å². The second kappa shape index (κ2) is 5.93. The van der Waals surface area contributed by atoms with Gasteiger partial charge in [-0.3, -0.25) is 0 Å². The monoisotopic (exact) mass is 316 g/mol. The van der Waals surface area contributed by atoms with Gasteiger partial charge in [0.15, 0.2) is 5.13 Å². The minimum atomic E-state index is -4.46. The lowest BCUT2D eigenvalue weighted by atomic mass is 10.1. The molecule has 0 aliphatic carbocycles. The first-order chi connectivity index (χ1) is 9.79. The van der Waals surface area contributed by atoms with Crippen molar-refractivity contribution < 1.29 is 18.3 Å². The van der Waals surface area contributed by atoms with Crippen LogP contribution in [0.25, 0.3) is 0 Å². The van der Waals surface area contributed by atoms with Gasteiger partial charge in [0.1, 0.15) is 6.04 Å². The summed E-state index contributed by atoms with van der Waals surface area (Å²) >= 11 is 1.03. The first-order valence-electron chi connectivity index (χ1n) is 6.37. The van der Waals surface area contributed by atoms with E-state index in [0.29, 0.717) is 4.88 Å². The van der Waals surface area contributed by atoms with E-state index in [0.717, 1.165) is 11.3 Å². The highest BCUT2D eigenvalue weighted by Gasteiger charge is 2.41. The van der Waals surface area contributed by atoms with Gasteiger partial charge in [-0.1, -0.05) is 55.5 Å². The van der Waals surface area contributed by atoms with Gasteiger partial charge in [-0.2, -0.15) is 18.2 Å². The third kappa shape index (κ3) is 3.66. The summed E-state index contributed by atoms with van der Waals surface area (Å²) in [7, 11) is 0. The maximum Gasteiger partial charge on any atom is 0.412 e. The highest BCUT2D eigenvalue weighted by molar-refractivity contribution is 7.16. The molecule has 114 valence electrons. The lowest BCUT2D eigenvalue weighted by Gasteiger charge is -2.21. The molecule has 0 spiro atoms. The standard InChI is InChI=1S/C14H15F3N2OS/c1-8(2)10-12(20)19-13(21-10)18-11(14(15,16)17)9-6-4-3-5-7-9/h3-8,11,20H,1-2H3,(H,18,19)/t11-/m0/s1. The fourth-order valence-electron chi connectivity index (χ4n) is 1.88. The molecule has 2 aromatic rings. The first kappa shape index (κ1) is 15.6. The maximum atomic E-state index is 13.2. The van der Waals surface area contributed by atoms with Crippen LogP contribution < -0.4 is 5.32 Å². The van der Waals surface area contributed by atoms with Crippen LogP contribution in [0.15, 0.2) is 30.3 Å². The second-order valence-corrected chi connectivity index (χ2v) is 5.92. The summed E-state index contributed by atoms with van der Waals surface area (Å²) in [4.78, 5) is 4.34. The number of aromatic nitrogens is 1. The smallest absolute Gasteiger partial charge is 0.412 e. The molecule has 1 heterocycles. The van der Waals surface area contributed by atoms with Crippen molar-refractivity contribution in [1.82, 2.24) is 4.98 Å². The molecular weight excluding hydrogens is 301 g/mol. The van der Waals surface area contributed by atoms with Crippen LogP contribution >= 0.6 is 11.3 Å². The molecule has 0 unspecified atom stereocenters. The number of anilines is 1. The summed E-state index contributed by atoms with van der Waals surface area (Å²) in [5, 5.41) is 12.1. The van der Waals surface area contributed by atoms with Crippen LogP contribution in [0.2, 0.25) is 0 Å². The number of benzene rings is 1. The Balaban J connectivity index is 2.30. The summed E-state index contributed by atoms with van der Waals surface area (Å²) in [5.74, 6) is -0.217. The fraction of sp³-hybridized carbons (Fsp3) is 0.357. The summed E-state index contributed by atoms with van der Waals surface area (Å²) < 4.78 is 39.6. The van der Waals surface area contributed by atoms with Gasteiger partial charge < -0.3 is 10.4 Å². The Morgan fingerprint density at radius 2 is 1.81 bits per heavy atom. The lowest BCUT2D eigenvalue weighted by molar-refractivity contribution is -0.144. The van der Waals surface area contributed by atoms with Crippen LogP contribution in [0, 0.1) is 0 Å². The van der Waals surface area contributed by atoms with Crippen LogP contribution in [-0.4, -0.2) is 16.3 Å². The Kier molecular flexibility index (Phi) is 4.41. The van der Waals surface area contributed by atoms with Gasteiger partial charge >= 0.3 is 6.18 Å². The molecule has 0 aliphatic heterocycles. The van der Waals surface area contributed by atoms with Gasteiger partial charge in [0.25, 0.3) is 0 Å². The highest BCUT2D eigenvalue weighted by atomic mass is 32.1. The summed E-state index contributed by atoms with van der Waals surface area (Å²) in [6.45, 7) is 3.69. The van der Waals surface area contributed by atoms with Gasteiger partial charge in [-0.05, 0) is 11.5 Å². The van der Waals surface area contributed by atoms with Gasteiger partial charge in [0.2, 0.25) is 5.88 Å². The molecule has 0 bridgehead atoms. The molecule has 1 aromatic heterocycles. The maximum absolute atomic E-state index is 13.2. The van der Waals surface area contributed by atoms with Gasteiger partial charge in [0.05, 0.1) is 4.88 Å². The normalized spacial score (nSPS) is 13.4. The predicted octanol–water partition coefficient (Wildman–Crippen LogP) is 4.69. The average Bonchev–Trinajstić information content (AvgIpc) is 2.77. The minimum absolute atomic E-state index is 0.000822. The summed E-state index contributed by atoms with van der Waals surface area (Å²) in [6.07, 6.45) is -4.46. The third-order valence-corrected chi connectivity index (χ3v) is 4.16. The topological polar surface area (TPSA) is 45.2 Å². The van der Waals surface area contributed by atoms with Gasteiger partial charge in [-0.15, -0.1) is 0 Å². The molecule has 0 saturated heterocycles. The Morgan fingerprint density at radius 3 is 2.29 bits per heavy atom. The third-order valence-electron chi connectivity index (χ3n) is 2.89. The molecule has 0 saturated carbocycles. The molecule has 21 heavy (non-hydrogen) atoms. The zero-order chi connectivity index (χ0) is 15.6. The van der Waals surface area contributed by atoms with Gasteiger partial charge in [0, 0.05) is 0 Å². The lowest BCUT2D eigenvalue weighted by Crippen LogP contribution is -2.27. The molecule has 2 N–H and O–H groups in total. The van der Waals surface area contributed by atoms with E-state index in [1.807, 2.05) is 13.8 Å². The average molecular weight is 316 g/mol. The number of nitrogens with one attached hydrogen (secondary N) is 1. The van der Waals surface area contributed by atoms with Crippen LogP contribution in [0.5, 0.6) is 5.88 Å². The number of hydrogen-bond donors (Lipinski definition) is 2. The fourth-order valence-corrected chi connectivity index (χ4v) is 2.77. The molecule has 2 rings (SSSR count). The Bertz CT molecular complexity index is 596. The number of aromatic hydroxyl groups is 1. The quantitative estimate of drug-likeness (QED) is 0.860. The van der Waals surface area contributed by atoms with Crippen molar-refractivity contribution >= 4 is 16.5 Å². The summed E-state index contributed by atoms with van der Waals surface area (Å²) in [5.41, 5.74) is 0.103. The predicted molar refractivity (Wildman–Crippen MR) is 76.7 cm³/mol. The van der Waals surface area contributed by atoms with E-state index in [2.05, 4.69) is 10.3 Å². The molecule has 0 radical (unpaired) electrons. The Labute approximate surface area is 124 Å². The Hall–Kier alpha value is -1.76. The van der Waals surface area contributed by atoms with Crippen molar-refractivity contribution in [3.63, 3.8) is 0 Å². The Morgan fingerprint density at radius 1 is 1.19 bits per heavy atom. The van der Waals surface area contributed by atoms with Crippen molar-refractivity contribution in [2.24, 2.45) is 0 Å². The van der Waals surface area contributed by atoms with E-state index in [4.69, 9.17) is 0 Å². The number of thiazole rings is 1. The van der Waals surface area contributed by atoms with E-state index in [-0.39, 0.29) is 22.5 Å². The van der Waals surface area contributed by atoms with Crippen molar-refractivity contribution in [3.05, 3.63) is 40.8 Å². The van der Waals surface area contributed by atoms with Crippen molar-refractivity contribution in [1.29, 1.82) is 0 Å². The molecule has 0 amide bonds. The molecule has 0 fully saturated rings. The van der Waals surface area contributed by atoms with E-state index in [9.17, 15) is 18.3 Å². The molecular formula is C14H15F3N2OS. The number of rotatable bonds is 4. The molecule has 1 aromatic carbocycles. The molecule has 1 atom stereocenters. The van der Waals surface area contributed by atoms with Crippen molar-refractivity contribution in [2.45, 2.75) is 32.0 Å². The number of alkyl halides is 3. The van der Waals surface area contributed by atoms with E-state index in [1.165, 1.54) is 12.1 Å². The first-order valence-corrected chi connectivity index (χ1v) is 7.18. The van der Waals surface area contributed by atoms with E-state index >= 15 is 0 Å². The number of hydrogen-bond acceptors (Lipinski definition) is 4. The number of halogens is 3. The number of nitrogens with zero attached hydrogens (tertiary/aromatic N) is 1. The van der Waals surface area contributed by atoms with Crippen LogP contribution in [0.3, 0.4) is 0 Å². The molecule has 0 aliphatic rings.